The van der Waals surface area contributed by atoms with Gasteiger partial charge in [0.05, 0.1) is 6.26 Å². The smallest absolute Gasteiger partial charge is 0.209 e. The second-order valence-corrected chi connectivity index (χ2v) is 8.85. The van der Waals surface area contributed by atoms with E-state index < -0.39 is 15.6 Å². The van der Waals surface area contributed by atoms with Crippen molar-refractivity contribution in [2.45, 2.75) is 58.4 Å². The van der Waals surface area contributed by atoms with Crippen LogP contribution < -0.4 is 15.4 Å². The Bertz CT molecular complexity index is 480. The van der Waals surface area contributed by atoms with Gasteiger partial charge in [-0.3, -0.25) is 4.99 Å². The fourth-order valence-electron chi connectivity index (χ4n) is 3.11. The fraction of sp³-hybridized carbons (Fsp3) is 0.933. The van der Waals surface area contributed by atoms with Crippen LogP contribution in [-0.4, -0.2) is 46.3 Å². The molecule has 1 aliphatic rings. The Hall–Kier alpha value is -0.820. The third-order valence-electron chi connectivity index (χ3n) is 4.43. The molecule has 0 radical (unpaired) electrons. The van der Waals surface area contributed by atoms with E-state index in [2.05, 4.69) is 27.3 Å². The minimum atomic E-state index is -3.23. The summed E-state index contributed by atoms with van der Waals surface area (Å²) in [5, 5.41) is 6.61. The molecule has 0 spiro atoms. The molecule has 0 amide bonds. The predicted octanol–water partition coefficient (Wildman–Crippen LogP) is 1.45. The average Bonchev–Trinajstić information content (AvgIpc) is 2.85. The Kier molecular flexibility index (Phi) is 6.67. The minimum Gasteiger partial charge on any atom is -0.356 e. The summed E-state index contributed by atoms with van der Waals surface area (Å²) in [4.78, 5) is 4.23. The summed E-state index contributed by atoms with van der Waals surface area (Å²) in [6, 6.07) is 0. The molecule has 1 fully saturated rings. The van der Waals surface area contributed by atoms with Gasteiger partial charge in [0.2, 0.25) is 10.0 Å². The molecular formula is C15H32N4O2S. The number of aliphatic imine (C=N–C) groups is 1. The van der Waals surface area contributed by atoms with Crippen LogP contribution in [0.1, 0.15) is 52.9 Å². The van der Waals surface area contributed by atoms with Gasteiger partial charge in [-0.25, -0.2) is 13.1 Å². The molecular weight excluding hydrogens is 300 g/mol. The fourth-order valence-corrected chi connectivity index (χ4v) is 4.19. The van der Waals surface area contributed by atoms with E-state index in [0.29, 0.717) is 12.0 Å². The van der Waals surface area contributed by atoms with Crippen LogP contribution in [0.4, 0.5) is 0 Å². The number of guanidine groups is 1. The topological polar surface area (TPSA) is 82.6 Å². The number of nitrogens with zero attached hydrogens (tertiary/aromatic N) is 1. The largest absolute Gasteiger partial charge is 0.356 e. The lowest BCUT2D eigenvalue weighted by molar-refractivity contribution is 0.283. The lowest BCUT2D eigenvalue weighted by Crippen LogP contribution is -2.53. The zero-order chi connectivity index (χ0) is 16.9. The van der Waals surface area contributed by atoms with Crippen LogP contribution >= 0.6 is 0 Å². The maximum atomic E-state index is 11.4. The summed E-state index contributed by atoms with van der Waals surface area (Å²) in [6.07, 6.45) is 7.52. The standard InChI is InChI=1S/C15H32N4O2S/c1-6-15(9-7-8-10-15)12-18-13(16-4)17-11-14(2,3)19-22(5,20)21/h19H,6-12H2,1-5H3,(H2,16,17,18). The van der Waals surface area contributed by atoms with Crippen molar-refractivity contribution in [1.29, 1.82) is 0 Å². The molecule has 0 aromatic carbocycles. The van der Waals surface area contributed by atoms with Crippen LogP contribution in [0, 0.1) is 5.41 Å². The first-order chi connectivity index (χ1) is 10.1. The Balaban J connectivity index is 2.49. The van der Waals surface area contributed by atoms with Gasteiger partial charge >= 0.3 is 0 Å². The zero-order valence-corrected chi connectivity index (χ0v) is 15.4. The zero-order valence-electron chi connectivity index (χ0n) is 14.6. The molecule has 0 bridgehead atoms. The molecule has 22 heavy (non-hydrogen) atoms. The van der Waals surface area contributed by atoms with E-state index in [0.717, 1.165) is 12.5 Å². The molecule has 0 aromatic rings. The number of sulfonamides is 1. The summed E-state index contributed by atoms with van der Waals surface area (Å²) in [7, 11) is -1.49. The van der Waals surface area contributed by atoms with Crippen LogP contribution in [-0.2, 0) is 10.0 Å². The Morgan fingerprint density at radius 3 is 2.27 bits per heavy atom. The van der Waals surface area contributed by atoms with Crippen molar-refractivity contribution in [3.05, 3.63) is 0 Å². The van der Waals surface area contributed by atoms with Gasteiger partial charge in [0.15, 0.2) is 5.96 Å². The van der Waals surface area contributed by atoms with Gasteiger partial charge < -0.3 is 10.6 Å². The van der Waals surface area contributed by atoms with E-state index in [-0.39, 0.29) is 0 Å². The summed E-state index contributed by atoms with van der Waals surface area (Å²) in [5.41, 5.74) is -0.181. The first kappa shape index (κ1) is 19.2. The van der Waals surface area contributed by atoms with E-state index in [1.165, 1.54) is 38.4 Å². The quantitative estimate of drug-likeness (QED) is 0.487. The molecule has 0 saturated heterocycles. The second kappa shape index (κ2) is 7.64. The number of hydrogen-bond acceptors (Lipinski definition) is 3. The molecule has 0 unspecified atom stereocenters. The van der Waals surface area contributed by atoms with Crippen molar-refractivity contribution in [3.63, 3.8) is 0 Å². The van der Waals surface area contributed by atoms with Crippen molar-refractivity contribution in [2.24, 2.45) is 10.4 Å². The van der Waals surface area contributed by atoms with Crippen LogP contribution in [0.5, 0.6) is 0 Å². The highest BCUT2D eigenvalue weighted by Crippen LogP contribution is 2.40. The first-order valence-corrected chi connectivity index (χ1v) is 9.94. The summed E-state index contributed by atoms with van der Waals surface area (Å²) >= 11 is 0. The molecule has 0 aromatic heterocycles. The Morgan fingerprint density at radius 1 is 1.23 bits per heavy atom. The first-order valence-electron chi connectivity index (χ1n) is 8.05. The minimum absolute atomic E-state index is 0.387. The summed E-state index contributed by atoms with van der Waals surface area (Å²) < 4.78 is 25.3. The molecule has 3 N–H and O–H groups in total. The van der Waals surface area contributed by atoms with E-state index in [4.69, 9.17) is 0 Å². The van der Waals surface area contributed by atoms with E-state index in [1.807, 2.05) is 13.8 Å². The third kappa shape index (κ3) is 6.52. The summed E-state index contributed by atoms with van der Waals surface area (Å²) in [5.74, 6) is 0.725. The molecule has 0 heterocycles. The van der Waals surface area contributed by atoms with Crippen LogP contribution in [0.2, 0.25) is 0 Å². The molecule has 130 valence electrons. The molecule has 1 saturated carbocycles. The SMILES string of the molecule is CCC1(CNC(=NC)NCC(C)(C)NS(C)(=O)=O)CCCC1. The lowest BCUT2D eigenvalue weighted by Gasteiger charge is -2.30. The van der Waals surface area contributed by atoms with Gasteiger partial charge in [-0.2, -0.15) is 0 Å². The van der Waals surface area contributed by atoms with Gasteiger partial charge in [-0.1, -0.05) is 19.8 Å². The van der Waals surface area contributed by atoms with Crippen LogP contribution in [0.25, 0.3) is 0 Å². The number of nitrogens with one attached hydrogen (secondary N) is 3. The lowest BCUT2D eigenvalue weighted by atomic mass is 9.83. The third-order valence-corrected chi connectivity index (χ3v) is 5.35. The summed E-state index contributed by atoms with van der Waals surface area (Å²) in [6.45, 7) is 7.34. The van der Waals surface area contributed by atoms with Crippen LogP contribution in [0.15, 0.2) is 4.99 Å². The molecule has 0 aliphatic heterocycles. The van der Waals surface area contributed by atoms with Gasteiger partial charge in [-0.05, 0) is 38.5 Å². The van der Waals surface area contributed by atoms with Gasteiger partial charge in [0.1, 0.15) is 0 Å². The van der Waals surface area contributed by atoms with E-state index in [1.54, 1.807) is 7.05 Å². The van der Waals surface area contributed by atoms with Crippen molar-refractivity contribution in [3.8, 4) is 0 Å². The number of rotatable bonds is 7. The Morgan fingerprint density at radius 2 is 1.82 bits per heavy atom. The highest BCUT2D eigenvalue weighted by Gasteiger charge is 2.32. The molecule has 7 heteroatoms. The monoisotopic (exact) mass is 332 g/mol. The molecule has 1 rings (SSSR count). The highest BCUT2D eigenvalue weighted by molar-refractivity contribution is 7.88. The maximum Gasteiger partial charge on any atom is 0.209 e. The van der Waals surface area contributed by atoms with Crippen molar-refractivity contribution in [2.75, 3.05) is 26.4 Å². The van der Waals surface area contributed by atoms with Gasteiger partial charge in [-0.15, -0.1) is 0 Å². The molecule has 0 atom stereocenters. The predicted molar refractivity (Wildman–Crippen MR) is 92.6 cm³/mol. The van der Waals surface area contributed by atoms with Crippen molar-refractivity contribution < 1.29 is 8.42 Å². The maximum absolute atomic E-state index is 11.4. The van der Waals surface area contributed by atoms with Crippen LogP contribution in [0.3, 0.4) is 0 Å². The average molecular weight is 333 g/mol. The molecule has 1 aliphatic carbocycles. The van der Waals surface area contributed by atoms with Crippen molar-refractivity contribution >= 4 is 16.0 Å². The molecule has 6 nitrogen and oxygen atoms in total. The van der Waals surface area contributed by atoms with E-state index >= 15 is 0 Å². The van der Waals surface area contributed by atoms with Gasteiger partial charge in [0, 0.05) is 25.7 Å². The van der Waals surface area contributed by atoms with Crippen molar-refractivity contribution in [1.82, 2.24) is 15.4 Å². The van der Waals surface area contributed by atoms with Gasteiger partial charge in [0.25, 0.3) is 0 Å². The van der Waals surface area contributed by atoms with E-state index in [9.17, 15) is 8.42 Å². The second-order valence-electron chi connectivity index (χ2n) is 7.10. The number of hydrogen-bond donors (Lipinski definition) is 3. The Labute approximate surface area is 135 Å². The normalized spacial score (nSPS) is 19.2. The highest BCUT2D eigenvalue weighted by atomic mass is 32.2.